The largest absolute Gasteiger partial charge is 0.303 e. The van der Waals surface area contributed by atoms with Crippen molar-refractivity contribution in [3.63, 3.8) is 0 Å². The van der Waals surface area contributed by atoms with E-state index in [9.17, 15) is 9.59 Å². The molecule has 2 atom stereocenters. The second-order valence-corrected chi connectivity index (χ2v) is 2.78. The van der Waals surface area contributed by atoms with Crippen LogP contribution >= 0.6 is 0 Å². The van der Waals surface area contributed by atoms with Crippen LogP contribution in [0.3, 0.4) is 0 Å². The average Bonchev–Trinajstić information content (AvgIpc) is 2.05. The summed E-state index contributed by atoms with van der Waals surface area (Å²) >= 11 is 0. The predicted molar refractivity (Wildman–Crippen MR) is 44.3 cm³/mol. The van der Waals surface area contributed by atoms with E-state index in [2.05, 4.69) is 0 Å². The van der Waals surface area contributed by atoms with Crippen LogP contribution in [-0.2, 0) is 9.59 Å². The fourth-order valence-electron chi connectivity index (χ4n) is 1.31. The SMILES string of the molecule is CCC(C=O)C(CC)CC=O. The summed E-state index contributed by atoms with van der Waals surface area (Å²) in [6.45, 7) is 3.99. The second-order valence-electron chi connectivity index (χ2n) is 2.78. The molecule has 0 heterocycles. The van der Waals surface area contributed by atoms with Gasteiger partial charge >= 0.3 is 0 Å². The first-order chi connectivity index (χ1) is 5.29. The lowest BCUT2D eigenvalue weighted by molar-refractivity contribution is -0.113. The van der Waals surface area contributed by atoms with Crippen molar-refractivity contribution >= 4 is 12.6 Å². The molecule has 11 heavy (non-hydrogen) atoms. The van der Waals surface area contributed by atoms with E-state index in [1.165, 1.54) is 0 Å². The highest BCUT2D eigenvalue weighted by Crippen LogP contribution is 2.19. The summed E-state index contributed by atoms with van der Waals surface area (Å²) in [6.07, 6.45) is 4.15. The minimum Gasteiger partial charge on any atom is -0.303 e. The molecule has 0 aliphatic carbocycles. The molecule has 0 bridgehead atoms. The van der Waals surface area contributed by atoms with Crippen LogP contribution in [0.15, 0.2) is 0 Å². The number of aldehydes is 2. The first-order valence-corrected chi connectivity index (χ1v) is 4.19. The normalized spacial score (nSPS) is 15.5. The quantitative estimate of drug-likeness (QED) is 0.550. The van der Waals surface area contributed by atoms with Gasteiger partial charge in [-0.25, -0.2) is 0 Å². The number of carbonyl (C=O) groups excluding carboxylic acids is 2. The van der Waals surface area contributed by atoms with Gasteiger partial charge in [-0.3, -0.25) is 0 Å². The second kappa shape index (κ2) is 6.08. The van der Waals surface area contributed by atoms with Crippen LogP contribution in [0.2, 0.25) is 0 Å². The lowest BCUT2D eigenvalue weighted by Crippen LogP contribution is -2.15. The highest BCUT2D eigenvalue weighted by Gasteiger charge is 2.16. The standard InChI is InChI=1S/C9H16O2/c1-3-8(5-6-10)9(4-2)7-11/h6-9H,3-5H2,1-2H3. The van der Waals surface area contributed by atoms with Crippen LogP contribution < -0.4 is 0 Å². The number of hydrogen-bond acceptors (Lipinski definition) is 2. The van der Waals surface area contributed by atoms with Crippen molar-refractivity contribution in [1.82, 2.24) is 0 Å². The Hall–Kier alpha value is -0.660. The third-order valence-electron chi connectivity index (χ3n) is 2.18. The van der Waals surface area contributed by atoms with Gasteiger partial charge in [-0.05, 0) is 12.3 Å². The Balaban J connectivity index is 3.96. The summed E-state index contributed by atoms with van der Waals surface area (Å²) in [5, 5.41) is 0. The number of rotatable bonds is 6. The molecular weight excluding hydrogens is 140 g/mol. The molecule has 2 nitrogen and oxygen atoms in total. The van der Waals surface area contributed by atoms with Gasteiger partial charge < -0.3 is 9.59 Å². The van der Waals surface area contributed by atoms with E-state index in [0.29, 0.717) is 6.42 Å². The third-order valence-corrected chi connectivity index (χ3v) is 2.18. The Kier molecular flexibility index (Phi) is 5.71. The Bertz CT molecular complexity index is 121. The van der Waals surface area contributed by atoms with E-state index < -0.39 is 0 Å². The molecule has 0 fully saturated rings. The highest BCUT2D eigenvalue weighted by atomic mass is 16.1. The average molecular weight is 156 g/mol. The summed E-state index contributed by atoms with van der Waals surface area (Å²) in [5.41, 5.74) is 0. The van der Waals surface area contributed by atoms with Gasteiger partial charge in [-0.15, -0.1) is 0 Å². The summed E-state index contributed by atoms with van der Waals surface area (Å²) < 4.78 is 0. The molecule has 2 unspecified atom stereocenters. The smallest absolute Gasteiger partial charge is 0.123 e. The molecule has 0 spiro atoms. The molecule has 0 aromatic heterocycles. The zero-order valence-electron chi connectivity index (χ0n) is 7.25. The lowest BCUT2D eigenvalue weighted by Gasteiger charge is -2.16. The highest BCUT2D eigenvalue weighted by molar-refractivity contribution is 5.56. The lowest BCUT2D eigenvalue weighted by atomic mass is 9.87. The molecule has 0 amide bonds. The zero-order valence-corrected chi connectivity index (χ0v) is 7.25. The molecule has 0 N–H and O–H groups in total. The van der Waals surface area contributed by atoms with E-state index in [1.807, 2.05) is 13.8 Å². The fourth-order valence-corrected chi connectivity index (χ4v) is 1.31. The van der Waals surface area contributed by atoms with E-state index >= 15 is 0 Å². The Labute approximate surface area is 68.0 Å². The molecule has 0 radical (unpaired) electrons. The zero-order chi connectivity index (χ0) is 8.69. The molecule has 0 saturated heterocycles. The van der Waals surface area contributed by atoms with Gasteiger partial charge in [0.15, 0.2) is 0 Å². The third kappa shape index (κ3) is 3.30. The van der Waals surface area contributed by atoms with Crippen molar-refractivity contribution in [2.75, 3.05) is 0 Å². The maximum Gasteiger partial charge on any atom is 0.123 e. The number of hydrogen-bond donors (Lipinski definition) is 0. The van der Waals surface area contributed by atoms with Crippen LogP contribution in [0.5, 0.6) is 0 Å². The molecule has 2 heteroatoms. The summed E-state index contributed by atoms with van der Waals surface area (Å²) in [4.78, 5) is 20.7. The van der Waals surface area contributed by atoms with Crippen LogP contribution in [0, 0.1) is 11.8 Å². The van der Waals surface area contributed by atoms with Crippen molar-refractivity contribution in [3.05, 3.63) is 0 Å². The molecular formula is C9H16O2. The first-order valence-electron chi connectivity index (χ1n) is 4.19. The van der Waals surface area contributed by atoms with Crippen molar-refractivity contribution in [3.8, 4) is 0 Å². The van der Waals surface area contributed by atoms with Crippen LogP contribution in [0.4, 0.5) is 0 Å². The Morgan fingerprint density at radius 3 is 2.09 bits per heavy atom. The Morgan fingerprint density at radius 1 is 1.18 bits per heavy atom. The monoisotopic (exact) mass is 156 g/mol. The summed E-state index contributed by atoms with van der Waals surface area (Å²) in [5.74, 6) is 0.334. The van der Waals surface area contributed by atoms with Crippen molar-refractivity contribution < 1.29 is 9.59 Å². The molecule has 0 aromatic rings. The molecule has 64 valence electrons. The first kappa shape index (κ1) is 10.3. The van der Waals surface area contributed by atoms with Gasteiger partial charge in [0.25, 0.3) is 0 Å². The van der Waals surface area contributed by atoms with Gasteiger partial charge in [0.2, 0.25) is 0 Å². The molecule has 0 aliphatic rings. The van der Waals surface area contributed by atoms with Crippen LogP contribution in [0.1, 0.15) is 33.1 Å². The van der Waals surface area contributed by atoms with Crippen molar-refractivity contribution in [2.45, 2.75) is 33.1 Å². The molecule has 0 aliphatic heterocycles. The van der Waals surface area contributed by atoms with Crippen molar-refractivity contribution in [2.24, 2.45) is 11.8 Å². The van der Waals surface area contributed by atoms with E-state index in [-0.39, 0.29) is 11.8 Å². The van der Waals surface area contributed by atoms with Gasteiger partial charge in [0, 0.05) is 12.3 Å². The van der Waals surface area contributed by atoms with E-state index in [0.717, 1.165) is 25.4 Å². The Morgan fingerprint density at radius 2 is 1.82 bits per heavy atom. The van der Waals surface area contributed by atoms with Gasteiger partial charge in [-0.1, -0.05) is 20.3 Å². The molecule has 0 rings (SSSR count). The van der Waals surface area contributed by atoms with E-state index in [1.54, 1.807) is 0 Å². The van der Waals surface area contributed by atoms with E-state index in [4.69, 9.17) is 0 Å². The minimum absolute atomic E-state index is 0.0743. The maximum atomic E-state index is 10.5. The molecule has 0 aromatic carbocycles. The number of carbonyl (C=O) groups is 2. The van der Waals surface area contributed by atoms with Gasteiger partial charge in [-0.2, -0.15) is 0 Å². The van der Waals surface area contributed by atoms with Crippen molar-refractivity contribution in [1.29, 1.82) is 0 Å². The fraction of sp³-hybridized carbons (Fsp3) is 0.778. The predicted octanol–water partition coefficient (Wildman–Crippen LogP) is 1.83. The summed E-state index contributed by atoms with van der Waals surface area (Å²) in [6, 6.07) is 0. The van der Waals surface area contributed by atoms with Gasteiger partial charge in [0.1, 0.15) is 12.6 Å². The molecule has 0 saturated carbocycles. The minimum atomic E-state index is 0.0743. The van der Waals surface area contributed by atoms with Crippen LogP contribution in [0.25, 0.3) is 0 Å². The van der Waals surface area contributed by atoms with Crippen LogP contribution in [-0.4, -0.2) is 12.6 Å². The summed E-state index contributed by atoms with van der Waals surface area (Å²) in [7, 11) is 0. The van der Waals surface area contributed by atoms with Gasteiger partial charge in [0.05, 0.1) is 0 Å². The topological polar surface area (TPSA) is 34.1 Å². The maximum absolute atomic E-state index is 10.5.